The molecule has 0 radical (unpaired) electrons. The molecule has 3 rings (SSSR count). The Labute approximate surface area is 116 Å². The number of anilines is 1. The Bertz CT molecular complexity index is 622. The predicted molar refractivity (Wildman–Crippen MR) is 78.3 cm³/mol. The summed E-state index contributed by atoms with van der Waals surface area (Å²) >= 11 is 1.40. The van der Waals surface area contributed by atoms with Gasteiger partial charge < -0.3 is 10.6 Å². The number of carbonyl (C=O) groups excluding carboxylic acids is 1. The van der Waals surface area contributed by atoms with E-state index in [-0.39, 0.29) is 5.91 Å². The SMILES string of the molecule is CCC1CCN(C(=O)c2sc3ncccc3c2N)C1. The van der Waals surface area contributed by atoms with Gasteiger partial charge in [0.25, 0.3) is 5.91 Å². The Hall–Kier alpha value is -1.62. The quantitative estimate of drug-likeness (QED) is 0.916. The average molecular weight is 275 g/mol. The van der Waals surface area contributed by atoms with Crippen LogP contribution in [0.15, 0.2) is 18.3 Å². The lowest BCUT2D eigenvalue weighted by molar-refractivity contribution is 0.0792. The zero-order valence-corrected chi connectivity index (χ0v) is 11.7. The summed E-state index contributed by atoms with van der Waals surface area (Å²) in [5.74, 6) is 0.703. The lowest BCUT2D eigenvalue weighted by Crippen LogP contribution is -2.28. The summed E-state index contributed by atoms with van der Waals surface area (Å²) in [6, 6.07) is 3.77. The summed E-state index contributed by atoms with van der Waals surface area (Å²) in [6.07, 6.45) is 3.97. The molecule has 1 amide bonds. The normalized spacial score (nSPS) is 19.2. The van der Waals surface area contributed by atoms with E-state index in [2.05, 4.69) is 11.9 Å². The molecule has 5 heteroatoms. The first-order valence-electron chi connectivity index (χ1n) is 6.63. The number of nitrogens with zero attached hydrogens (tertiary/aromatic N) is 2. The van der Waals surface area contributed by atoms with Crippen LogP contribution in [0.3, 0.4) is 0 Å². The fraction of sp³-hybridized carbons (Fsp3) is 0.429. The lowest BCUT2D eigenvalue weighted by Gasteiger charge is -2.15. The van der Waals surface area contributed by atoms with Crippen LogP contribution in [0.1, 0.15) is 29.4 Å². The van der Waals surface area contributed by atoms with E-state index in [0.717, 1.165) is 36.1 Å². The van der Waals surface area contributed by atoms with Gasteiger partial charge in [0.15, 0.2) is 0 Å². The van der Waals surface area contributed by atoms with E-state index in [4.69, 9.17) is 5.73 Å². The van der Waals surface area contributed by atoms with Gasteiger partial charge in [0, 0.05) is 24.7 Å². The van der Waals surface area contributed by atoms with E-state index in [1.807, 2.05) is 17.0 Å². The maximum atomic E-state index is 12.5. The predicted octanol–water partition coefficient (Wildman–Crippen LogP) is 2.75. The number of rotatable bonds is 2. The van der Waals surface area contributed by atoms with Crippen LogP contribution in [-0.2, 0) is 0 Å². The van der Waals surface area contributed by atoms with E-state index in [1.54, 1.807) is 6.20 Å². The van der Waals surface area contributed by atoms with Crippen LogP contribution >= 0.6 is 11.3 Å². The second-order valence-corrected chi connectivity index (χ2v) is 6.01. The highest BCUT2D eigenvalue weighted by Gasteiger charge is 2.28. The molecule has 0 spiro atoms. The van der Waals surface area contributed by atoms with Crippen molar-refractivity contribution in [3.8, 4) is 0 Å². The van der Waals surface area contributed by atoms with E-state index in [9.17, 15) is 4.79 Å². The number of aromatic nitrogens is 1. The molecule has 0 saturated carbocycles. The van der Waals surface area contributed by atoms with Crippen LogP contribution in [0.5, 0.6) is 0 Å². The van der Waals surface area contributed by atoms with Crippen molar-refractivity contribution in [3.63, 3.8) is 0 Å². The number of nitrogen functional groups attached to an aromatic ring is 1. The molecule has 4 nitrogen and oxygen atoms in total. The number of nitrogens with two attached hydrogens (primary N) is 1. The Morgan fingerprint density at radius 2 is 2.47 bits per heavy atom. The molecule has 1 fully saturated rings. The van der Waals surface area contributed by atoms with Gasteiger partial charge in [0.2, 0.25) is 0 Å². The van der Waals surface area contributed by atoms with Crippen molar-refractivity contribution in [3.05, 3.63) is 23.2 Å². The molecule has 19 heavy (non-hydrogen) atoms. The van der Waals surface area contributed by atoms with Gasteiger partial charge in [-0.3, -0.25) is 4.79 Å². The largest absolute Gasteiger partial charge is 0.397 e. The van der Waals surface area contributed by atoms with Gasteiger partial charge in [-0.15, -0.1) is 11.3 Å². The molecule has 100 valence electrons. The van der Waals surface area contributed by atoms with Crippen molar-refractivity contribution >= 4 is 33.1 Å². The summed E-state index contributed by atoms with van der Waals surface area (Å²) in [7, 11) is 0. The molecule has 1 saturated heterocycles. The monoisotopic (exact) mass is 275 g/mol. The van der Waals surface area contributed by atoms with E-state index >= 15 is 0 Å². The average Bonchev–Trinajstić information content (AvgIpc) is 3.04. The second-order valence-electron chi connectivity index (χ2n) is 5.02. The standard InChI is InChI=1S/C14H17N3OS/c1-2-9-5-7-17(8-9)14(18)12-11(15)10-4-3-6-16-13(10)19-12/h3-4,6,9H,2,5,7-8,15H2,1H3. The molecule has 0 bridgehead atoms. The van der Waals surface area contributed by atoms with Gasteiger partial charge in [0.1, 0.15) is 9.71 Å². The minimum Gasteiger partial charge on any atom is -0.397 e. The Balaban J connectivity index is 1.92. The minimum absolute atomic E-state index is 0.0662. The van der Waals surface area contributed by atoms with Crippen molar-refractivity contribution in [1.82, 2.24) is 9.88 Å². The maximum absolute atomic E-state index is 12.5. The summed E-state index contributed by atoms with van der Waals surface area (Å²) in [5.41, 5.74) is 6.68. The van der Waals surface area contributed by atoms with Crippen LogP contribution in [-0.4, -0.2) is 28.9 Å². The zero-order valence-electron chi connectivity index (χ0n) is 10.9. The van der Waals surface area contributed by atoms with Crippen LogP contribution in [0.25, 0.3) is 10.2 Å². The van der Waals surface area contributed by atoms with Gasteiger partial charge in [-0.05, 0) is 24.5 Å². The summed E-state index contributed by atoms with van der Waals surface area (Å²) in [5, 5.41) is 0.891. The molecule has 2 aromatic rings. The van der Waals surface area contributed by atoms with Gasteiger partial charge in [-0.2, -0.15) is 0 Å². The van der Waals surface area contributed by atoms with Crippen LogP contribution in [0.2, 0.25) is 0 Å². The maximum Gasteiger partial charge on any atom is 0.266 e. The van der Waals surface area contributed by atoms with Crippen molar-refractivity contribution < 1.29 is 4.79 Å². The van der Waals surface area contributed by atoms with Crippen molar-refractivity contribution in [2.75, 3.05) is 18.8 Å². The van der Waals surface area contributed by atoms with Crippen LogP contribution in [0.4, 0.5) is 5.69 Å². The van der Waals surface area contributed by atoms with E-state index < -0.39 is 0 Å². The second kappa shape index (κ2) is 4.81. The molecule has 1 aliphatic rings. The smallest absolute Gasteiger partial charge is 0.266 e. The fourth-order valence-electron chi connectivity index (χ4n) is 2.60. The molecule has 2 N–H and O–H groups in total. The van der Waals surface area contributed by atoms with Crippen LogP contribution in [0, 0.1) is 5.92 Å². The summed E-state index contributed by atoms with van der Waals surface area (Å²) < 4.78 is 0. The molecule has 3 heterocycles. The number of hydrogen-bond donors (Lipinski definition) is 1. The lowest BCUT2D eigenvalue weighted by atomic mass is 10.1. The van der Waals surface area contributed by atoms with Gasteiger partial charge in [0.05, 0.1) is 5.69 Å². The summed E-state index contributed by atoms with van der Waals surface area (Å²) in [6.45, 7) is 3.88. The highest BCUT2D eigenvalue weighted by molar-refractivity contribution is 7.21. The van der Waals surface area contributed by atoms with E-state index in [1.165, 1.54) is 11.3 Å². The molecule has 1 aliphatic heterocycles. The van der Waals surface area contributed by atoms with Crippen molar-refractivity contribution in [1.29, 1.82) is 0 Å². The van der Waals surface area contributed by atoms with Crippen molar-refractivity contribution in [2.24, 2.45) is 5.92 Å². The third kappa shape index (κ3) is 2.08. The molecule has 1 unspecified atom stereocenters. The first kappa shape index (κ1) is 12.4. The first-order chi connectivity index (χ1) is 9.20. The Kier molecular flexibility index (Phi) is 3.14. The fourth-order valence-corrected chi connectivity index (χ4v) is 3.64. The molecule has 0 aliphatic carbocycles. The van der Waals surface area contributed by atoms with E-state index in [0.29, 0.717) is 16.5 Å². The highest BCUT2D eigenvalue weighted by Crippen LogP contribution is 2.34. The minimum atomic E-state index is 0.0662. The number of pyridine rings is 1. The van der Waals surface area contributed by atoms with Gasteiger partial charge >= 0.3 is 0 Å². The number of thiophene rings is 1. The molecule has 0 aromatic carbocycles. The molecular weight excluding hydrogens is 258 g/mol. The zero-order chi connectivity index (χ0) is 13.4. The highest BCUT2D eigenvalue weighted by atomic mass is 32.1. The molecule has 2 aromatic heterocycles. The molecular formula is C14H17N3OS. The number of amides is 1. The third-order valence-corrected chi connectivity index (χ3v) is 4.97. The number of fused-ring (bicyclic) bond motifs is 1. The van der Waals surface area contributed by atoms with Crippen LogP contribution < -0.4 is 5.73 Å². The Morgan fingerprint density at radius 3 is 3.16 bits per heavy atom. The molecule has 1 atom stereocenters. The third-order valence-electron chi connectivity index (χ3n) is 3.85. The number of hydrogen-bond acceptors (Lipinski definition) is 4. The topological polar surface area (TPSA) is 59.2 Å². The summed E-state index contributed by atoms with van der Waals surface area (Å²) in [4.78, 5) is 20.2. The van der Waals surface area contributed by atoms with Crippen molar-refractivity contribution in [2.45, 2.75) is 19.8 Å². The number of carbonyl (C=O) groups is 1. The number of likely N-dealkylation sites (tertiary alicyclic amines) is 1. The van der Waals surface area contributed by atoms with Gasteiger partial charge in [-0.25, -0.2) is 4.98 Å². The Morgan fingerprint density at radius 1 is 1.63 bits per heavy atom. The first-order valence-corrected chi connectivity index (χ1v) is 7.44. The van der Waals surface area contributed by atoms with Gasteiger partial charge in [-0.1, -0.05) is 13.3 Å².